The topological polar surface area (TPSA) is 40.6 Å². The number of halogens is 1. The van der Waals surface area contributed by atoms with Crippen molar-refractivity contribution in [1.82, 2.24) is 9.80 Å². The molecule has 1 aliphatic carbocycles. The van der Waals surface area contributed by atoms with Crippen molar-refractivity contribution < 1.29 is 14.0 Å². The van der Waals surface area contributed by atoms with Gasteiger partial charge in [-0.2, -0.15) is 0 Å². The van der Waals surface area contributed by atoms with Gasteiger partial charge in [-0.1, -0.05) is 6.07 Å². The van der Waals surface area contributed by atoms with E-state index in [1.54, 1.807) is 17.0 Å². The Kier molecular flexibility index (Phi) is 3.58. The van der Waals surface area contributed by atoms with Crippen LogP contribution in [-0.4, -0.2) is 46.8 Å². The molecule has 2 aliphatic heterocycles. The van der Waals surface area contributed by atoms with E-state index >= 15 is 0 Å². The van der Waals surface area contributed by atoms with Crippen LogP contribution in [-0.2, 0) is 4.79 Å². The summed E-state index contributed by atoms with van der Waals surface area (Å²) in [7, 11) is 0. The van der Waals surface area contributed by atoms with Gasteiger partial charge in [-0.3, -0.25) is 9.59 Å². The first-order valence-electron chi connectivity index (χ1n) is 8.52. The van der Waals surface area contributed by atoms with Crippen molar-refractivity contribution in [3.8, 4) is 0 Å². The Hall–Kier alpha value is -1.91. The Bertz CT molecular complexity index is 642. The number of rotatable bonds is 2. The lowest BCUT2D eigenvalue weighted by Gasteiger charge is -2.36. The first-order chi connectivity index (χ1) is 11.1. The highest BCUT2D eigenvalue weighted by molar-refractivity contribution is 5.98. The molecule has 2 amide bonds. The lowest BCUT2D eigenvalue weighted by molar-refractivity contribution is -0.136. The Morgan fingerprint density at radius 1 is 1.13 bits per heavy atom. The number of hydrogen-bond acceptors (Lipinski definition) is 2. The molecule has 0 aromatic heterocycles. The van der Waals surface area contributed by atoms with Gasteiger partial charge in [0.15, 0.2) is 0 Å². The Morgan fingerprint density at radius 2 is 1.91 bits per heavy atom. The van der Waals surface area contributed by atoms with Crippen LogP contribution in [0.25, 0.3) is 0 Å². The summed E-state index contributed by atoms with van der Waals surface area (Å²) in [5.41, 5.74) is 0.344. The number of hydrogen-bond donors (Lipinski definition) is 0. The summed E-state index contributed by atoms with van der Waals surface area (Å²) in [6.45, 7) is 1.60. The minimum Gasteiger partial charge on any atom is -0.341 e. The Balaban J connectivity index is 1.62. The number of carbonyl (C=O) groups excluding carboxylic acids is 2. The van der Waals surface area contributed by atoms with Gasteiger partial charge in [0.2, 0.25) is 5.91 Å². The maximum absolute atomic E-state index is 13.5. The summed E-state index contributed by atoms with van der Waals surface area (Å²) in [6, 6.07) is 5.57. The molecular weight excluding hydrogens is 295 g/mol. The van der Waals surface area contributed by atoms with Crippen molar-refractivity contribution in [1.29, 1.82) is 0 Å². The summed E-state index contributed by atoms with van der Waals surface area (Å²) >= 11 is 0. The number of amides is 2. The quantitative estimate of drug-likeness (QED) is 0.841. The highest BCUT2D eigenvalue weighted by Crippen LogP contribution is 2.44. The van der Waals surface area contributed by atoms with E-state index in [0.717, 1.165) is 45.2 Å². The smallest absolute Gasteiger partial charge is 0.254 e. The van der Waals surface area contributed by atoms with Gasteiger partial charge in [0, 0.05) is 24.7 Å². The second-order valence-electron chi connectivity index (χ2n) is 6.93. The average molecular weight is 316 g/mol. The molecule has 3 aliphatic rings. The van der Waals surface area contributed by atoms with Crippen molar-refractivity contribution in [2.45, 2.75) is 44.2 Å². The van der Waals surface area contributed by atoms with E-state index in [1.807, 2.05) is 4.90 Å². The van der Waals surface area contributed by atoms with E-state index in [1.165, 1.54) is 12.1 Å². The molecule has 2 saturated heterocycles. The fourth-order valence-electron chi connectivity index (χ4n) is 4.49. The molecular formula is C18H21FN2O2. The fraction of sp³-hybridized carbons (Fsp3) is 0.556. The van der Waals surface area contributed by atoms with Gasteiger partial charge in [0.05, 0.1) is 0 Å². The third kappa shape index (κ3) is 2.42. The predicted molar refractivity (Wildman–Crippen MR) is 83.3 cm³/mol. The zero-order chi connectivity index (χ0) is 16.0. The highest BCUT2D eigenvalue weighted by Gasteiger charge is 2.52. The summed E-state index contributed by atoms with van der Waals surface area (Å²) < 4.78 is 13.5. The van der Waals surface area contributed by atoms with E-state index < -0.39 is 5.82 Å². The number of piperidine rings is 1. The van der Waals surface area contributed by atoms with Gasteiger partial charge in [-0.15, -0.1) is 0 Å². The Morgan fingerprint density at radius 3 is 2.65 bits per heavy atom. The zero-order valence-electron chi connectivity index (χ0n) is 13.1. The van der Waals surface area contributed by atoms with Crippen LogP contribution < -0.4 is 0 Å². The van der Waals surface area contributed by atoms with Crippen LogP contribution in [0.1, 0.15) is 42.5 Å². The van der Waals surface area contributed by atoms with Crippen molar-refractivity contribution >= 4 is 11.8 Å². The van der Waals surface area contributed by atoms with Gasteiger partial charge in [-0.05, 0) is 56.2 Å². The molecule has 0 radical (unpaired) electrons. The Labute approximate surface area is 135 Å². The van der Waals surface area contributed by atoms with Gasteiger partial charge < -0.3 is 9.80 Å². The molecule has 1 saturated carbocycles. The number of benzene rings is 1. The van der Waals surface area contributed by atoms with E-state index in [-0.39, 0.29) is 29.8 Å². The molecule has 2 bridgehead atoms. The minimum atomic E-state index is -0.414. The van der Waals surface area contributed by atoms with Crippen LogP contribution in [0, 0.1) is 11.7 Å². The van der Waals surface area contributed by atoms with Gasteiger partial charge in [0.1, 0.15) is 11.9 Å². The zero-order valence-corrected chi connectivity index (χ0v) is 13.1. The van der Waals surface area contributed by atoms with Crippen LogP contribution in [0.5, 0.6) is 0 Å². The first kappa shape index (κ1) is 14.7. The molecule has 122 valence electrons. The van der Waals surface area contributed by atoms with Crippen molar-refractivity contribution in [3.05, 3.63) is 35.6 Å². The highest BCUT2D eigenvalue weighted by atomic mass is 19.1. The molecule has 3 fully saturated rings. The predicted octanol–water partition coefficient (Wildman–Crippen LogP) is 2.44. The molecule has 1 aromatic rings. The fourth-order valence-corrected chi connectivity index (χ4v) is 4.49. The number of carbonyl (C=O) groups is 2. The van der Waals surface area contributed by atoms with E-state index in [9.17, 15) is 14.0 Å². The third-order valence-electron chi connectivity index (χ3n) is 5.56. The van der Waals surface area contributed by atoms with E-state index in [0.29, 0.717) is 5.56 Å². The SMILES string of the molecule is O=C([C@@H]1C2CCC(C2)N1C(=O)c1cccc(F)c1)N1CCCC1. The molecule has 0 N–H and O–H groups in total. The van der Waals surface area contributed by atoms with Gasteiger partial charge >= 0.3 is 0 Å². The van der Waals surface area contributed by atoms with Gasteiger partial charge in [0.25, 0.3) is 5.91 Å². The van der Waals surface area contributed by atoms with Gasteiger partial charge in [-0.25, -0.2) is 4.39 Å². The molecule has 23 heavy (non-hydrogen) atoms. The molecule has 2 unspecified atom stereocenters. The molecule has 3 atom stereocenters. The lowest BCUT2D eigenvalue weighted by Crippen LogP contribution is -2.53. The molecule has 2 heterocycles. The number of fused-ring (bicyclic) bond motifs is 2. The standard InChI is InChI=1S/C18H21FN2O2/c19-14-5-3-4-13(10-14)17(22)21-15-7-6-12(11-15)16(21)18(23)20-8-1-2-9-20/h3-5,10,12,15-16H,1-2,6-9,11H2/t12?,15?,16-/m0/s1. The van der Waals surface area contributed by atoms with Crippen LogP contribution in [0.2, 0.25) is 0 Å². The van der Waals surface area contributed by atoms with E-state index in [2.05, 4.69) is 0 Å². The van der Waals surface area contributed by atoms with E-state index in [4.69, 9.17) is 0 Å². The van der Waals surface area contributed by atoms with Crippen molar-refractivity contribution in [3.63, 3.8) is 0 Å². The molecule has 0 spiro atoms. The summed E-state index contributed by atoms with van der Waals surface area (Å²) in [4.78, 5) is 29.5. The summed E-state index contributed by atoms with van der Waals surface area (Å²) in [6.07, 6.45) is 4.97. The number of nitrogens with zero attached hydrogens (tertiary/aromatic N) is 2. The van der Waals surface area contributed by atoms with Crippen LogP contribution in [0.15, 0.2) is 24.3 Å². The summed E-state index contributed by atoms with van der Waals surface area (Å²) in [5.74, 6) is -0.248. The first-order valence-corrected chi connectivity index (χ1v) is 8.52. The number of likely N-dealkylation sites (tertiary alicyclic amines) is 2. The second-order valence-corrected chi connectivity index (χ2v) is 6.93. The lowest BCUT2D eigenvalue weighted by atomic mass is 9.96. The van der Waals surface area contributed by atoms with Crippen LogP contribution in [0.4, 0.5) is 4.39 Å². The molecule has 4 nitrogen and oxygen atoms in total. The summed E-state index contributed by atoms with van der Waals surface area (Å²) in [5, 5.41) is 0. The molecule has 1 aromatic carbocycles. The van der Waals surface area contributed by atoms with Crippen molar-refractivity contribution in [2.75, 3.05) is 13.1 Å². The monoisotopic (exact) mass is 316 g/mol. The largest absolute Gasteiger partial charge is 0.341 e. The average Bonchev–Trinajstić information content (AvgIpc) is 3.29. The maximum Gasteiger partial charge on any atom is 0.254 e. The van der Waals surface area contributed by atoms with Crippen LogP contribution in [0.3, 0.4) is 0 Å². The normalized spacial score (nSPS) is 29.3. The second kappa shape index (κ2) is 5.62. The molecule has 4 rings (SSSR count). The molecule has 5 heteroatoms. The maximum atomic E-state index is 13.5. The van der Waals surface area contributed by atoms with Crippen LogP contribution >= 0.6 is 0 Å². The van der Waals surface area contributed by atoms with Crippen molar-refractivity contribution in [2.24, 2.45) is 5.92 Å². The minimum absolute atomic E-state index is 0.0967. The third-order valence-corrected chi connectivity index (χ3v) is 5.56.